The fourth-order valence-corrected chi connectivity index (χ4v) is 3.12. The van der Waals surface area contributed by atoms with Crippen LogP contribution in [0.5, 0.6) is 0 Å². The first-order chi connectivity index (χ1) is 13.1. The van der Waals surface area contributed by atoms with Gasteiger partial charge in [-0.2, -0.15) is 15.0 Å². The van der Waals surface area contributed by atoms with E-state index in [1.165, 1.54) is 16.9 Å². The minimum atomic E-state index is -0.275. The maximum atomic E-state index is 13.3. The van der Waals surface area contributed by atoms with Gasteiger partial charge in [0.1, 0.15) is 5.82 Å². The van der Waals surface area contributed by atoms with Crippen molar-refractivity contribution in [1.29, 1.82) is 0 Å². The van der Waals surface area contributed by atoms with Gasteiger partial charge >= 0.3 is 0 Å². The van der Waals surface area contributed by atoms with Gasteiger partial charge in [-0.1, -0.05) is 11.6 Å². The zero-order valence-corrected chi connectivity index (χ0v) is 14.7. The molecule has 0 unspecified atom stereocenters. The summed E-state index contributed by atoms with van der Waals surface area (Å²) in [6, 6.07) is 10.2. The molecule has 2 heterocycles. The van der Waals surface area contributed by atoms with Gasteiger partial charge in [-0.15, -0.1) is 0 Å². The topological polar surface area (TPSA) is 75.6 Å². The maximum absolute atomic E-state index is 13.3. The fraction of sp³-hybridized carbons (Fsp3) is 0.150. The summed E-state index contributed by atoms with van der Waals surface area (Å²) in [4.78, 5) is 17.2. The van der Waals surface area contributed by atoms with Crippen LogP contribution in [0, 0.1) is 12.7 Å². The normalized spacial score (nSPS) is 11.0. The van der Waals surface area contributed by atoms with Crippen LogP contribution in [0.15, 0.2) is 55.0 Å². The van der Waals surface area contributed by atoms with Crippen molar-refractivity contribution in [2.24, 2.45) is 0 Å². The summed E-state index contributed by atoms with van der Waals surface area (Å²) >= 11 is 0. The molecule has 0 atom stereocenters. The van der Waals surface area contributed by atoms with Crippen molar-refractivity contribution in [1.82, 2.24) is 25.3 Å². The summed E-state index contributed by atoms with van der Waals surface area (Å²) in [6.07, 6.45) is 5.63. The lowest BCUT2D eigenvalue weighted by atomic mass is 10.1. The van der Waals surface area contributed by atoms with E-state index in [0.717, 1.165) is 22.0 Å². The third-order valence-electron chi connectivity index (χ3n) is 4.44. The molecule has 0 aliphatic rings. The van der Waals surface area contributed by atoms with Gasteiger partial charge in [0.15, 0.2) is 0 Å². The van der Waals surface area contributed by atoms with E-state index in [4.69, 9.17) is 0 Å². The lowest BCUT2D eigenvalue weighted by Crippen LogP contribution is -2.27. The minimum absolute atomic E-state index is 0.183. The summed E-state index contributed by atoms with van der Waals surface area (Å²) in [5.74, 6) is -0.458. The lowest BCUT2D eigenvalue weighted by Gasteiger charge is -2.10. The predicted molar refractivity (Wildman–Crippen MR) is 100 cm³/mol. The van der Waals surface area contributed by atoms with Crippen LogP contribution in [0.1, 0.15) is 21.5 Å². The molecule has 2 aromatic carbocycles. The summed E-state index contributed by atoms with van der Waals surface area (Å²) in [5.41, 5.74) is 3.91. The Morgan fingerprint density at radius 1 is 1.19 bits per heavy atom. The molecule has 136 valence electrons. The molecule has 2 N–H and O–H groups in total. The minimum Gasteiger partial charge on any atom is -0.361 e. The number of carbonyl (C=O) groups excluding carboxylic acids is 1. The Balaban J connectivity index is 1.49. The number of hydrogen-bond donors (Lipinski definition) is 2. The lowest BCUT2D eigenvalue weighted by molar-refractivity contribution is 0.0953. The Kier molecular flexibility index (Phi) is 4.42. The van der Waals surface area contributed by atoms with E-state index in [1.54, 1.807) is 18.5 Å². The molecule has 0 fully saturated rings. The van der Waals surface area contributed by atoms with Gasteiger partial charge in [-0.25, -0.2) is 4.39 Å². The van der Waals surface area contributed by atoms with Gasteiger partial charge in [-0.3, -0.25) is 4.79 Å². The monoisotopic (exact) mass is 363 g/mol. The highest BCUT2D eigenvalue weighted by Gasteiger charge is 2.14. The number of amides is 1. The average molecular weight is 363 g/mol. The quantitative estimate of drug-likeness (QED) is 0.572. The summed E-state index contributed by atoms with van der Waals surface area (Å²) in [7, 11) is 0. The van der Waals surface area contributed by atoms with E-state index in [1.807, 2.05) is 31.3 Å². The van der Waals surface area contributed by atoms with E-state index in [9.17, 15) is 9.18 Å². The molecule has 1 amide bonds. The summed E-state index contributed by atoms with van der Waals surface area (Å²) in [6.45, 7) is 2.39. The van der Waals surface area contributed by atoms with Crippen LogP contribution >= 0.6 is 0 Å². The van der Waals surface area contributed by atoms with E-state index < -0.39 is 0 Å². The van der Waals surface area contributed by atoms with E-state index in [2.05, 4.69) is 20.5 Å². The first-order valence-electron chi connectivity index (χ1n) is 8.63. The highest BCUT2D eigenvalue weighted by molar-refractivity contribution is 5.98. The highest BCUT2D eigenvalue weighted by Crippen LogP contribution is 2.20. The van der Waals surface area contributed by atoms with Gasteiger partial charge in [0.05, 0.1) is 23.6 Å². The number of fused-ring (bicyclic) bond motifs is 1. The number of hydrogen-bond acceptors (Lipinski definition) is 3. The molecule has 0 spiro atoms. The van der Waals surface area contributed by atoms with Crippen molar-refractivity contribution in [3.05, 3.63) is 77.5 Å². The molecule has 6 nitrogen and oxygen atoms in total. The summed E-state index contributed by atoms with van der Waals surface area (Å²) < 4.78 is 13.3. The number of aromatic nitrogens is 4. The number of H-pyrrole nitrogens is 1. The number of aryl methyl sites for hydroxylation is 1. The molecule has 4 rings (SSSR count). The molecule has 0 bridgehead atoms. The number of benzene rings is 2. The molecule has 7 heteroatoms. The molecule has 0 aliphatic heterocycles. The second-order valence-corrected chi connectivity index (χ2v) is 6.35. The SMILES string of the molecule is Cc1ccc(-n2nccn2)c(C(=O)NCCc2c[nH]c3cc(F)ccc23)c1. The molecule has 27 heavy (non-hydrogen) atoms. The van der Waals surface area contributed by atoms with Crippen molar-refractivity contribution < 1.29 is 9.18 Å². The summed E-state index contributed by atoms with van der Waals surface area (Å²) in [5, 5.41) is 12.1. The number of nitrogens with zero attached hydrogens (tertiary/aromatic N) is 3. The largest absolute Gasteiger partial charge is 0.361 e. The van der Waals surface area contributed by atoms with Crippen LogP contribution in [0.4, 0.5) is 4.39 Å². The Labute approximate surface area is 155 Å². The standard InChI is InChI=1S/C20H18FN5O/c1-13-2-5-19(26-24-8-9-25-26)17(10-13)20(27)22-7-6-14-12-23-18-11-15(21)3-4-16(14)18/h2-5,8-12,23H,6-7H2,1H3,(H,22,27). The Morgan fingerprint density at radius 3 is 2.81 bits per heavy atom. The van der Waals surface area contributed by atoms with Gasteiger partial charge in [-0.05, 0) is 49.2 Å². The van der Waals surface area contributed by atoms with E-state index in [-0.39, 0.29) is 11.7 Å². The maximum Gasteiger partial charge on any atom is 0.253 e. The first-order valence-corrected chi connectivity index (χ1v) is 8.63. The average Bonchev–Trinajstić information content (AvgIpc) is 3.31. The molecule has 0 aliphatic carbocycles. The zero-order chi connectivity index (χ0) is 18.8. The highest BCUT2D eigenvalue weighted by atomic mass is 19.1. The second kappa shape index (κ2) is 7.03. The number of aromatic amines is 1. The van der Waals surface area contributed by atoms with E-state index >= 15 is 0 Å². The molecule has 4 aromatic rings. The van der Waals surface area contributed by atoms with Gasteiger partial charge in [0.25, 0.3) is 5.91 Å². The van der Waals surface area contributed by atoms with Crippen molar-refractivity contribution in [3.8, 4) is 5.69 Å². The zero-order valence-electron chi connectivity index (χ0n) is 14.7. The van der Waals surface area contributed by atoms with Gasteiger partial charge < -0.3 is 10.3 Å². The van der Waals surface area contributed by atoms with Crippen LogP contribution in [-0.4, -0.2) is 32.4 Å². The molecule has 0 saturated carbocycles. The number of rotatable bonds is 5. The smallest absolute Gasteiger partial charge is 0.253 e. The first kappa shape index (κ1) is 17.0. The van der Waals surface area contributed by atoms with Crippen molar-refractivity contribution >= 4 is 16.8 Å². The van der Waals surface area contributed by atoms with Crippen LogP contribution in [0.2, 0.25) is 0 Å². The van der Waals surface area contributed by atoms with Crippen molar-refractivity contribution in [2.45, 2.75) is 13.3 Å². The Hall–Kier alpha value is -3.48. The van der Waals surface area contributed by atoms with Crippen LogP contribution in [0.25, 0.3) is 16.6 Å². The molecule has 0 radical (unpaired) electrons. The predicted octanol–water partition coefficient (Wildman–Crippen LogP) is 3.17. The number of carbonyl (C=O) groups is 1. The fourth-order valence-electron chi connectivity index (χ4n) is 3.12. The third-order valence-corrected chi connectivity index (χ3v) is 4.44. The Bertz CT molecular complexity index is 1100. The Morgan fingerprint density at radius 2 is 2.00 bits per heavy atom. The van der Waals surface area contributed by atoms with E-state index in [0.29, 0.717) is 24.2 Å². The molecular weight excluding hydrogens is 345 g/mol. The van der Waals surface area contributed by atoms with Crippen LogP contribution in [0.3, 0.4) is 0 Å². The molecule has 0 saturated heterocycles. The number of nitrogens with one attached hydrogen (secondary N) is 2. The van der Waals surface area contributed by atoms with Gasteiger partial charge in [0, 0.05) is 23.6 Å². The second-order valence-electron chi connectivity index (χ2n) is 6.35. The van der Waals surface area contributed by atoms with Gasteiger partial charge in [0.2, 0.25) is 0 Å². The van der Waals surface area contributed by atoms with Crippen LogP contribution in [-0.2, 0) is 6.42 Å². The molecular formula is C20H18FN5O. The number of halogens is 1. The van der Waals surface area contributed by atoms with Crippen LogP contribution < -0.4 is 5.32 Å². The third kappa shape index (κ3) is 3.44. The van der Waals surface area contributed by atoms with Crippen molar-refractivity contribution in [2.75, 3.05) is 6.54 Å². The van der Waals surface area contributed by atoms with Crippen molar-refractivity contribution in [3.63, 3.8) is 0 Å². The molecule has 2 aromatic heterocycles.